The number of hydrogen-bond acceptors (Lipinski definition) is 6. The second-order valence-electron chi connectivity index (χ2n) is 5.68. The third-order valence-electron chi connectivity index (χ3n) is 3.58. The fourth-order valence-electron chi connectivity index (χ4n) is 2.17. The maximum atomic E-state index is 12.1. The largest absolute Gasteiger partial charge is 0.459 e. The molecule has 2 aromatic heterocycles. The van der Waals surface area contributed by atoms with Crippen LogP contribution in [0.1, 0.15) is 25.8 Å². The Labute approximate surface area is 169 Å². The zero-order valence-electron chi connectivity index (χ0n) is 14.7. The highest BCUT2D eigenvalue weighted by molar-refractivity contribution is 7.18. The molecule has 7 nitrogen and oxygen atoms in total. The van der Waals surface area contributed by atoms with Gasteiger partial charge in [-0.25, -0.2) is 4.79 Å². The molecule has 1 aromatic carbocycles. The number of anilines is 2. The highest BCUT2D eigenvalue weighted by atomic mass is 35.5. The number of amides is 2. The summed E-state index contributed by atoms with van der Waals surface area (Å²) >= 11 is 7.03. The molecule has 0 unspecified atom stereocenters. The lowest BCUT2D eigenvalue weighted by Crippen LogP contribution is -2.20. The molecule has 0 bridgehead atoms. The monoisotopic (exact) mass is 418 g/mol. The summed E-state index contributed by atoms with van der Waals surface area (Å²) in [5.41, 5.74) is 1.40. The minimum Gasteiger partial charge on any atom is -0.459 e. The van der Waals surface area contributed by atoms with Crippen LogP contribution in [0.4, 0.5) is 10.7 Å². The molecule has 144 valence electrons. The number of furan rings is 1. The molecule has 0 aliphatic carbocycles. The number of benzene rings is 1. The zero-order chi connectivity index (χ0) is 20.1. The third-order valence-corrected chi connectivity index (χ3v) is 4.97. The van der Waals surface area contributed by atoms with E-state index in [-0.39, 0.29) is 10.6 Å². The molecule has 0 radical (unpaired) electrons. The molecular formula is C19H15ClN2O5S. The second-order valence-corrected chi connectivity index (χ2v) is 7.17. The molecule has 2 heterocycles. The lowest BCUT2D eigenvalue weighted by atomic mass is 10.2. The van der Waals surface area contributed by atoms with Gasteiger partial charge in [0.1, 0.15) is 4.88 Å². The van der Waals surface area contributed by atoms with Gasteiger partial charge in [-0.15, -0.1) is 11.3 Å². The van der Waals surface area contributed by atoms with Gasteiger partial charge in [0.25, 0.3) is 11.8 Å². The van der Waals surface area contributed by atoms with Crippen molar-refractivity contribution in [2.75, 3.05) is 17.2 Å². The van der Waals surface area contributed by atoms with Crippen LogP contribution in [0.2, 0.25) is 5.02 Å². The molecule has 2 N–H and O–H groups in total. The molecule has 0 saturated heterocycles. The van der Waals surface area contributed by atoms with Gasteiger partial charge in [-0.3, -0.25) is 9.59 Å². The molecule has 9 heteroatoms. The first kappa shape index (κ1) is 19.7. The fourth-order valence-corrected chi connectivity index (χ4v) is 3.14. The summed E-state index contributed by atoms with van der Waals surface area (Å²) in [7, 11) is 0. The number of thiophene rings is 1. The van der Waals surface area contributed by atoms with Crippen molar-refractivity contribution < 1.29 is 23.5 Å². The van der Waals surface area contributed by atoms with E-state index >= 15 is 0 Å². The van der Waals surface area contributed by atoms with Crippen molar-refractivity contribution in [3.8, 4) is 0 Å². The quantitative estimate of drug-likeness (QED) is 0.580. The van der Waals surface area contributed by atoms with E-state index in [1.54, 1.807) is 30.3 Å². The average Bonchev–Trinajstić information content (AvgIpc) is 3.35. The molecule has 0 atom stereocenters. The van der Waals surface area contributed by atoms with Crippen molar-refractivity contribution in [3.63, 3.8) is 0 Å². The van der Waals surface area contributed by atoms with Gasteiger partial charge in [-0.1, -0.05) is 17.7 Å². The second kappa shape index (κ2) is 8.73. The Morgan fingerprint density at radius 2 is 1.96 bits per heavy atom. The molecule has 28 heavy (non-hydrogen) atoms. The molecule has 0 saturated carbocycles. The Balaban J connectivity index is 1.50. The van der Waals surface area contributed by atoms with Crippen molar-refractivity contribution in [2.45, 2.75) is 6.92 Å². The molecule has 2 amide bonds. The summed E-state index contributed by atoms with van der Waals surface area (Å²) in [6.07, 6.45) is 1.39. The van der Waals surface area contributed by atoms with Crippen LogP contribution in [-0.2, 0) is 9.53 Å². The van der Waals surface area contributed by atoms with Gasteiger partial charge in [-0.2, -0.15) is 0 Å². The summed E-state index contributed by atoms with van der Waals surface area (Å²) in [4.78, 5) is 36.2. The van der Waals surface area contributed by atoms with Gasteiger partial charge in [-0.05, 0) is 48.9 Å². The number of nitrogens with one attached hydrogen (secondary N) is 2. The summed E-state index contributed by atoms with van der Waals surface area (Å²) in [5, 5.41) is 6.19. The number of rotatable bonds is 6. The van der Waals surface area contributed by atoms with Crippen molar-refractivity contribution in [2.24, 2.45) is 0 Å². The minimum absolute atomic E-state index is 0.158. The van der Waals surface area contributed by atoms with Gasteiger partial charge >= 0.3 is 5.97 Å². The first-order valence-corrected chi connectivity index (χ1v) is 9.29. The predicted molar refractivity (Wildman–Crippen MR) is 106 cm³/mol. The molecule has 3 rings (SSSR count). The van der Waals surface area contributed by atoms with Crippen LogP contribution in [0.5, 0.6) is 0 Å². The average molecular weight is 419 g/mol. The number of hydrogen-bond donors (Lipinski definition) is 2. The van der Waals surface area contributed by atoms with E-state index in [1.807, 2.05) is 6.92 Å². The number of aryl methyl sites for hydroxylation is 1. The van der Waals surface area contributed by atoms with Crippen molar-refractivity contribution in [1.29, 1.82) is 0 Å². The highest BCUT2D eigenvalue weighted by Crippen LogP contribution is 2.23. The van der Waals surface area contributed by atoms with Crippen LogP contribution < -0.4 is 10.6 Å². The maximum absolute atomic E-state index is 12.1. The standard InChI is InChI=1S/C19H15ClN2O5S/c1-11-4-5-12(9-13(11)20)21-16(23)10-27-19(25)15-6-7-17(28-15)22-18(24)14-3-2-8-26-14/h2-9H,10H2,1H3,(H,21,23)(H,22,24). The molecule has 3 aromatic rings. The summed E-state index contributed by atoms with van der Waals surface area (Å²) in [5.74, 6) is -1.43. The van der Waals surface area contributed by atoms with E-state index in [4.69, 9.17) is 20.8 Å². The number of halogens is 1. The number of esters is 1. The topological polar surface area (TPSA) is 97.6 Å². The van der Waals surface area contributed by atoms with Gasteiger partial charge in [0, 0.05) is 10.7 Å². The lowest BCUT2D eigenvalue weighted by Gasteiger charge is -2.07. The van der Waals surface area contributed by atoms with E-state index < -0.39 is 24.4 Å². The molecule has 0 spiro atoms. The van der Waals surface area contributed by atoms with E-state index in [9.17, 15) is 14.4 Å². The van der Waals surface area contributed by atoms with E-state index in [0.717, 1.165) is 16.9 Å². The third kappa shape index (κ3) is 4.99. The first-order chi connectivity index (χ1) is 13.4. The smallest absolute Gasteiger partial charge is 0.348 e. The van der Waals surface area contributed by atoms with Gasteiger partial charge in [0.05, 0.1) is 11.3 Å². The molecule has 0 fully saturated rings. The van der Waals surface area contributed by atoms with Crippen molar-refractivity contribution >= 4 is 51.4 Å². The Bertz CT molecular complexity index is 1010. The van der Waals surface area contributed by atoms with Gasteiger partial charge < -0.3 is 19.8 Å². The Morgan fingerprint density at radius 1 is 1.14 bits per heavy atom. The van der Waals surface area contributed by atoms with Gasteiger partial charge in [0.2, 0.25) is 0 Å². The maximum Gasteiger partial charge on any atom is 0.348 e. The lowest BCUT2D eigenvalue weighted by molar-refractivity contribution is -0.119. The van der Waals surface area contributed by atoms with Crippen LogP contribution in [-0.4, -0.2) is 24.4 Å². The number of carbonyl (C=O) groups excluding carboxylic acids is 3. The predicted octanol–water partition coefficient (Wildman–Crippen LogP) is 4.35. The summed E-state index contributed by atoms with van der Waals surface area (Å²) < 4.78 is 10.00. The Morgan fingerprint density at radius 3 is 2.68 bits per heavy atom. The van der Waals surface area contributed by atoms with E-state index in [1.165, 1.54) is 18.4 Å². The van der Waals surface area contributed by atoms with Crippen LogP contribution in [0, 0.1) is 6.92 Å². The fraction of sp³-hybridized carbons (Fsp3) is 0.105. The minimum atomic E-state index is -0.666. The normalized spacial score (nSPS) is 10.4. The molecule has 0 aliphatic heterocycles. The van der Waals surface area contributed by atoms with E-state index in [2.05, 4.69) is 10.6 Å². The van der Waals surface area contributed by atoms with Crippen molar-refractivity contribution in [1.82, 2.24) is 0 Å². The van der Waals surface area contributed by atoms with Crippen LogP contribution in [0.25, 0.3) is 0 Å². The highest BCUT2D eigenvalue weighted by Gasteiger charge is 2.15. The van der Waals surface area contributed by atoms with Gasteiger partial charge in [0.15, 0.2) is 12.4 Å². The summed E-state index contributed by atoms with van der Waals surface area (Å²) in [6, 6.07) is 11.3. The zero-order valence-corrected chi connectivity index (χ0v) is 16.2. The van der Waals surface area contributed by atoms with E-state index in [0.29, 0.717) is 15.7 Å². The Kier molecular flexibility index (Phi) is 6.13. The van der Waals surface area contributed by atoms with Crippen LogP contribution in [0.3, 0.4) is 0 Å². The van der Waals surface area contributed by atoms with Crippen LogP contribution in [0.15, 0.2) is 53.1 Å². The SMILES string of the molecule is Cc1ccc(NC(=O)COC(=O)c2ccc(NC(=O)c3ccco3)s2)cc1Cl. The molecule has 0 aliphatic rings. The number of ether oxygens (including phenoxy) is 1. The first-order valence-electron chi connectivity index (χ1n) is 8.10. The number of carbonyl (C=O) groups is 3. The Hall–Kier alpha value is -3.10. The van der Waals surface area contributed by atoms with Crippen molar-refractivity contribution in [3.05, 3.63) is 70.0 Å². The molecular weight excluding hydrogens is 404 g/mol. The summed E-state index contributed by atoms with van der Waals surface area (Å²) in [6.45, 7) is 1.40. The van der Waals surface area contributed by atoms with Crippen LogP contribution >= 0.6 is 22.9 Å².